The summed E-state index contributed by atoms with van der Waals surface area (Å²) in [6.45, 7) is 0. The van der Waals surface area contributed by atoms with E-state index in [9.17, 15) is 0 Å². The van der Waals surface area contributed by atoms with E-state index in [-0.39, 0.29) is 0 Å². The van der Waals surface area contributed by atoms with Crippen LogP contribution in [0.4, 0.5) is 0 Å². The Hall–Kier alpha value is -10.0. The largest absolute Gasteiger partial charge is 0.456 e. The van der Waals surface area contributed by atoms with Crippen LogP contribution in [0.1, 0.15) is 44.5 Å². The second kappa shape index (κ2) is 14.5. The van der Waals surface area contributed by atoms with Gasteiger partial charge in [0, 0.05) is 32.7 Å². The topological polar surface area (TPSA) is 26.3 Å². The summed E-state index contributed by atoms with van der Waals surface area (Å²) in [5.41, 5.74) is 28.2. The minimum absolute atomic E-state index is 0.424. The molecule has 78 heavy (non-hydrogen) atoms. The molecule has 0 saturated heterocycles. The molecule has 4 aliphatic rings. The molecule has 2 heteroatoms. The first-order chi connectivity index (χ1) is 38.7. The third kappa shape index (κ3) is 4.72. The first-order valence-electron chi connectivity index (χ1n) is 27.2. The molecule has 358 valence electrons. The number of fused-ring (bicyclic) bond motifs is 30. The van der Waals surface area contributed by atoms with Gasteiger partial charge in [-0.2, -0.15) is 0 Å². The van der Waals surface area contributed by atoms with Gasteiger partial charge in [-0.1, -0.05) is 231 Å². The highest BCUT2D eigenvalue weighted by atomic mass is 16.3. The van der Waals surface area contributed by atoms with E-state index < -0.39 is 10.8 Å². The number of benzene rings is 13. The predicted molar refractivity (Wildman–Crippen MR) is 319 cm³/mol. The number of furan rings is 2. The molecule has 0 unspecified atom stereocenters. The third-order valence-electron chi connectivity index (χ3n) is 18.7. The zero-order chi connectivity index (χ0) is 50.6. The summed E-state index contributed by atoms with van der Waals surface area (Å²) in [6.07, 6.45) is 0. The first kappa shape index (κ1) is 41.3. The zero-order valence-electron chi connectivity index (χ0n) is 42.1. The van der Waals surface area contributed by atoms with Crippen LogP contribution >= 0.6 is 0 Å². The van der Waals surface area contributed by atoms with Crippen molar-refractivity contribution >= 4 is 65.4 Å². The van der Waals surface area contributed by atoms with Gasteiger partial charge in [0.25, 0.3) is 0 Å². The number of hydrogen-bond donors (Lipinski definition) is 0. The normalized spacial score (nSPS) is 14.4. The smallest absolute Gasteiger partial charge is 0.143 e. The van der Waals surface area contributed by atoms with Gasteiger partial charge in [0.2, 0.25) is 0 Å². The van der Waals surface area contributed by atoms with Crippen LogP contribution in [0, 0.1) is 0 Å². The molecule has 2 nitrogen and oxygen atoms in total. The summed E-state index contributed by atoms with van der Waals surface area (Å²) in [5.74, 6) is 0. The summed E-state index contributed by atoms with van der Waals surface area (Å²) < 4.78 is 14.3. The molecule has 0 N–H and O–H groups in total. The van der Waals surface area contributed by atoms with E-state index in [0.717, 1.165) is 44.2 Å². The average Bonchev–Trinajstić information content (AvgIpc) is 3.30. The highest BCUT2D eigenvalue weighted by molar-refractivity contribution is 6.26. The van der Waals surface area contributed by atoms with Crippen molar-refractivity contribution < 1.29 is 8.83 Å². The zero-order valence-corrected chi connectivity index (χ0v) is 42.1. The Balaban J connectivity index is 0.821. The highest BCUT2D eigenvalue weighted by Gasteiger charge is 2.54. The van der Waals surface area contributed by atoms with Crippen LogP contribution in [-0.2, 0) is 10.8 Å². The maximum atomic E-state index is 7.26. The molecule has 0 radical (unpaired) electrons. The summed E-state index contributed by atoms with van der Waals surface area (Å²) in [4.78, 5) is 0. The Morgan fingerprint density at radius 1 is 0.218 bits per heavy atom. The summed E-state index contributed by atoms with van der Waals surface area (Å²) >= 11 is 0. The Bertz CT molecular complexity index is 5080. The van der Waals surface area contributed by atoms with Crippen molar-refractivity contribution in [1.82, 2.24) is 0 Å². The van der Waals surface area contributed by atoms with Gasteiger partial charge >= 0.3 is 0 Å². The molecule has 13 aromatic carbocycles. The number of para-hydroxylation sites is 1. The quantitative estimate of drug-likeness (QED) is 0.161. The van der Waals surface area contributed by atoms with Crippen molar-refractivity contribution in [2.45, 2.75) is 10.8 Å². The summed E-state index contributed by atoms with van der Waals surface area (Å²) in [7, 11) is 0. The van der Waals surface area contributed by atoms with Crippen LogP contribution in [-0.4, -0.2) is 0 Å². The van der Waals surface area contributed by atoms with Crippen molar-refractivity contribution in [3.63, 3.8) is 0 Å². The number of hydrogen-bond acceptors (Lipinski definition) is 2. The lowest BCUT2D eigenvalue weighted by atomic mass is 9.70. The molecule has 2 aromatic heterocycles. The lowest BCUT2D eigenvalue weighted by Gasteiger charge is -2.30. The van der Waals surface area contributed by atoms with Crippen molar-refractivity contribution in [2.24, 2.45) is 0 Å². The molecular formula is C76H42O2. The molecule has 0 amide bonds. The molecule has 2 spiro atoms. The lowest BCUT2D eigenvalue weighted by molar-refractivity contribution is 0.668. The van der Waals surface area contributed by atoms with Crippen molar-refractivity contribution in [2.75, 3.05) is 0 Å². The molecule has 0 saturated carbocycles. The summed E-state index contributed by atoms with van der Waals surface area (Å²) in [5, 5.41) is 9.30. The second-order valence-electron chi connectivity index (χ2n) is 21.9. The predicted octanol–water partition coefficient (Wildman–Crippen LogP) is 19.8. The standard InChI is InChI=1S/C76H42O2/c1-3-24-50-48(22-1)68(43-36-37-54-67(42-43)77-65-40-38-63-70(72(54)65)52-26-9-15-34-61(52)75(63)57-30-11-5-18-44(57)45-19-6-12-31-58(45)75)49-23-2-4-25-51(49)69(50)55-28-17-29-56-73-66(78-74(55)56)41-39-64-71(73)53-27-10-16-35-62(53)76(64)59-32-13-7-20-46(59)47-21-8-14-33-60(47)76/h1-42H. The van der Waals surface area contributed by atoms with Gasteiger partial charge in [0.15, 0.2) is 0 Å². The average molecular weight is 987 g/mol. The fourth-order valence-electron chi connectivity index (χ4n) is 16.0. The third-order valence-corrected chi connectivity index (χ3v) is 18.7. The molecule has 15 aromatic rings. The van der Waals surface area contributed by atoms with Crippen molar-refractivity contribution in [3.8, 4) is 66.8 Å². The van der Waals surface area contributed by atoms with E-state index in [1.54, 1.807) is 0 Å². The van der Waals surface area contributed by atoms with Crippen LogP contribution in [0.25, 0.3) is 132 Å². The van der Waals surface area contributed by atoms with Gasteiger partial charge in [0.05, 0.1) is 10.8 Å². The summed E-state index contributed by atoms with van der Waals surface area (Å²) in [6, 6.07) is 95.0. The first-order valence-corrected chi connectivity index (χ1v) is 27.2. The van der Waals surface area contributed by atoms with E-state index in [4.69, 9.17) is 8.83 Å². The van der Waals surface area contributed by atoms with Gasteiger partial charge in [-0.25, -0.2) is 0 Å². The minimum atomic E-state index is -0.439. The van der Waals surface area contributed by atoms with Gasteiger partial charge < -0.3 is 8.83 Å². The van der Waals surface area contributed by atoms with Crippen molar-refractivity contribution in [3.05, 3.63) is 299 Å². The van der Waals surface area contributed by atoms with Crippen LogP contribution in [0.2, 0.25) is 0 Å². The maximum Gasteiger partial charge on any atom is 0.143 e. The van der Waals surface area contributed by atoms with E-state index in [1.165, 1.54) is 132 Å². The Morgan fingerprint density at radius 3 is 1.08 bits per heavy atom. The molecular weight excluding hydrogens is 945 g/mol. The molecule has 0 atom stereocenters. The fourth-order valence-corrected chi connectivity index (χ4v) is 16.0. The Morgan fingerprint density at radius 2 is 0.590 bits per heavy atom. The molecule has 19 rings (SSSR count). The number of rotatable bonds is 2. The van der Waals surface area contributed by atoms with Gasteiger partial charge in [-0.15, -0.1) is 0 Å². The second-order valence-corrected chi connectivity index (χ2v) is 21.9. The molecule has 0 fully saturated rings. The lowest BCUT2D eigenvalue weighted by Crippen LogP contribution is -2.25. The molecule has 0 aliphatic heterocycles. The van der Waals surface area contributed by atoms with Crippen LogP contribution in [0.5, 0.6) is 0 Å². The molecule has 4 aliphatic carbocycles. The van der Waals surface area contributed by atoms with E-state index in [0.29, 0.717) is 0 Å². The van der Waals surface area contributed by atoms with E-state index in [2.05, 4.69) is 255 Å². The van der Waals surface area contributed by atoms with Gasteiger partial charge in [0.1, 0.15) is 22.3 Å². The SMILES string of the molecule is c1ccc2c(c1)-c1ccccc1C21c2ccccc2-c2c1ccc1oc3cc(-c4c5ccccc5c(-c5cccc6c5oc5ccc7c(c56)-c5ccccc5C75c6ccccc6-c6ccccc65)c5ccccc45)ccc3c21. The minimum Gasteiger partial charge on any atom is -0.456 e. The van der Waals surface area contributed by atoms with Crippen LogP contribution in [0.3, 0.4) is 0 Å². The van der Waals surface area contributed by atoms with Crippen LogP contribution in [0.15, 0.2) is 264 Å². The molecule has 2 heterocycles. The van der Waals surface area contributed by atoms with Gasteiger partial charge in [-0.3, -0.25) is 0 Å². The fraction of sp³-hybridized carbons (Fsp3) is 0.0263. The Kier molecular flexibility index (Phi) is 7.65. The molecule has 0 bridgehead atoms. The van der Waals surface area contributed by atoms with Crippen LogP contribution < -0.4 is 0 Å². The monoisotopic (exact) mass is 986 g/mol. The van der Waals surface area contributed by atoms with Gasteiger partial charge in [-0.05, 0) is 146 Å². The van der Waals surface area contributed by atoms with E-state index >= 15 is 0 Å². The highest BCUT2D eigenvalue weighted by Crippen LogP contribution is 2.66. The van der Waals surface area contributed by atoms with E-state index in [1.807, 2.05) is 0 Å². The maximum absolute atomic E-state index is 7.26. The van der Waals surface area contributed by atoms with Crippen molar-refractivity contribution in [1.29, 1.82) is 0 Å². The Labute approximate surface area is 448 Å².